The van der Waals surface area contributed by atoms with Crippen LogP contribution in [0.3, 0.4) is 0 Å². The highest BCUT2D eigenvalue weighted by Crippen LogP contribution is 2.18. The molecule has 6 heteroatoms. The van der Waals surface area contributed by atoms with Gasteiger partial charge in [-0.15, -0.1) is 0 Å². The van der Waals surface area contributed by atoms with Gasteiger partial charge in [-0.3, -0.25) is 15.1 Å². The molecule has 0 radical (unpaired) electrons. The van der Waals surface area contributed by atoms with Crippen LogP contribution >= 0.6 is 0 Å². The van der Waals surface area contributed by atoms with Crippen molar-refractivity contribution >= 4 is 5.69 Å². The lowest BCUT2D eigenvalue weighted by molar-refractivity contribution is -0.385. The number of nitrogens with zero attached hydrogens (tertiary/aromatic N) is 2. The number of hydrogen-bond donors (Lipinski definition) is 2. The van der Waals surface area contributed by atoms with Gasteiger partial charge in [-0.1, -0.05) is 0 Å². The van der Waals surface area contributed by atoms with Gasteiger partial charge in [0.15, 0.2) is 0 Å². The summed E-state index contributed by atoms with van der Waals surface area (Å²) in [4.78, 5) is 13.5. The molecule has 1 atom stereocenters. The van der Waals surface area contributed by atoms with Crippen molar-refractivity contribution in [3.63, 3.8) is 0 Å². The van der Waals surface area contributed by atoms with Crippen molar-refractivity contribution in [1.29, 1.82) is 0 Å². The van der Waals surface area contributed by atoms with E-state index in [1.165, 1.54) is 19.1 Å². The number of aliphatic hydroxyl groups is 1. The maximum absolute atomic E-state index is 10.3. The Balaban J connectivity index is 2.99. The second-order valence-electron chi connectivity index (χ2n) is 3.14. The molecule has 0 fully saturated rings. The van der Waals surface area contributed by atoms with Crippen LogP contribution in [0, 0.1) is 10.1 Å². The van der Waals surface area contributed by atoms with Gasteiger partial charge in [-0.25, -0.2) is 0 Å². The van der Waals surface area contributed by atoms with Crippen molar-refractivity contribution in [3.8, 4) is 0 Å². The van der Waals surface area contributed by atoms with Crippen molar-refractivity contribution < 1.29 is 10.0 Å². The topological polar surface area (TPSA) is 102 Å². The molecule has 1 rings (SSSR count). The fourth-order valence-corrected chi connectivity index (χ4v) is 0.917. The van der Waals surface area contributed by atoms with Gasteiger partial charge in [0.1, 0.15) is 11.8 Å². The van der Waals surface area contributed by atoms with E-state index in [1.54, 1.807) is 0 Å². The van der Waals surface area contributed by atoms with E-state index in [4.69, 9.17) is 5.73 Å². The van der Waals surface area contributed by atoms with Crippen molar-refractivity contribution in [1.82, 2.24) is 4.98 Å². The van der Waals surface area contributed by atoms with E-state index in [0.717, 1.165) is 6.20 Å². The molecule has 3 N–H and O–H groups in total. The van der Waals surface area contributed by atoms with E-state index in [2.05, 4.69) is 4.98 Å². The van der Waals surface area contributed by atoms with Gasteiger partial charge in [0.2, 0.25) is 0 Å². The Morgan fingerprint density at radius 2 is 2.36 bits per heavy atom. The zero-order valence-corrected chi connectivity index (χ0v) is 7.67. The van der Waals surface area contributed by atoms with Crippen LogP contribution in [0.4, 0.5) is 5.69 Å². The molecule has 1 unspecified atom stereocenters. The number of rotatable bonds is 3. The zero-order valence-electron chi connectivity index (χ0n) is 7.67. The maximum Gasteiger partial charge on any atom is 0.287 e. The van der Waals surface area contributed by atoms with Crippen molar-refractivity contribution in [2.45, 2.75) is 12.5 Å². The van der Waals surface area contributed by atoms with Gasteiger partial charge in [-0.05, 0) is 13.0 Å². The molecule has 0 aliphatic rings. The van der Waals surface area contributed by atoms with Crippen LogP contribution in [0.25, 0.3) is 0 Å². The van der Waals surface area contributed by atoms with Crippen LogP contribution in [0.1, 0.15) is 12.6 Å². The van der Waals surface area contributed by atoms with E-state index in [0.29, 0.717) is 5.69 Å². The third-order valence-corrected chi connectivity index (χ3v) is 1.91. The summed E-state index contributed by atoms with van der Waals surface area (Å²) in [7, 11) is 0. The molecule has 0 bridgehead atoms. The number of pyridine rings is 1. The lowest BCUT2D eigenvalue weighted by Crippen LogP contribution is -2.32. The predicted molar refractivity (Wildman–Crippen MR) is 49.5 cm³/mol. The first-order valence-corrected chi connectivity index (χ1v) is 4.01. The molecule has 6 nitrogen and oxygen atoms in total. The Hall–Kier alpha value is -1.53. The highest BCUT2D eigenvalue weighted by Gasteiger charge is 2.23. The molecular weight excluding hydrogens is 186 g/mol. The molecule has 14 heavy (non-hydrogen) atoms. The molecule has 0 aromatic carbocycles. The zero-order chi connectivity index (χ0) is 10.8. The smallest absolute Gasteiger partial charge is 0.287 e. The van der Waals surface area contributed by atoms with Crippen LogP contribution in [0.5, 0.6) is 0 Å². The minimum atomic E-state index is -1.24. The third kappa shape index (κ3) is 2.04. The highest BCUT2D eigenvalue weighted by atomic mass is 16.6. The van der Waals surface area contributed by atoms with Crippen molar-refractivity contribution in [3.05, 3.63) is 34.1 Å². The summed E-state index contributed by atoms with van der Waals surface area (Å²) < 4.78 is 0. The van der Waals surface area contributed by atoms with Crippen LogP contribution in [0.2, 0.25) is 0 Å². The summed E-state index contributed by atoms with van der Waals surface area (Å²) in [5.41, 5.74) is 4.29. The van der Waals surface area contributed by atoms with E-state index < -0.39 is 10.5 Å². The van der Waals surface area contributed by atoms with Crippen LogP contribution in [0.15, 0.2) is 18.3 Å². The van der Waals surface area contributed by atoms with E-state index >= 15 is 0 Å². The Labute approximate surface area is 80.5 Å². The minimum Gasteiger partial charge on any atom is -0.383 e. The molecule has 0 saturated heterocycles. The Kier molecular flexibility index (Phi) is 2.78. The average Bonchev–Trinajstić information content (AvgIpc) is 2.18. The second-order valence-corrected chi connectivity index (χ2v) is 3.14. The Morgan fingerprint density at radius 3 is 2.71 bits per heavy atom. The van der Waals surface area contributed by atoms with E-state index in [1.807, 2.05) is 0 Å². The molecule has 0 spiro atoms. The number of nitro groups is 1. The molecule has 1 aromatic rings. The lowest BCUT2D eigenvalue weighted by Gasteiger charge is -2.19. The quantitative estimate of drug-likeness (QED) is 0.530. The average molecular weight is 197 g/mol. The SMILES string of the molecule is CC(O)(CN)c1ccc([N+](=O)[O-])cn1. The van der Waals surface area contributed by atoms with Gasteiger partial charge in [0.05, 0.1) is 10.6 Å². The van der Waals surface area contributed by atoms with Gasteiger partial charge in [0.25, 0.3) is 5.69 Å². The molecule has 1 aromatic heterocycles. The van der Waals surface area contributed by atoms with Gasteiger partial charge < -0.3 is 10.8 Å². The molecule has 0 aliphatic heterocycles. The van der Waals surface area contributed by atoms with Crippen LogP contribution < -0.4 is 5.73 Å². The minimum absolute atomic E-state index is 0.0117. The van der Waals surface area contributed by atoms with Crippen molar-refractivity contribution in [2.24, 2.45) is 5.73 Å². The third-order valence-electron chi connectivity index (χ3n) is 1.91. The largest absolute Gasteiger partial charge is 0.383 e. The van der Waals surface area contributed by atoms with Crippen molar-refractivity contribution in [2.75, 3.05) is 6.54 Å². The predicted octanol–water partition coefficient (Wildman–Crippen LogP) is 0.156. The van der Waals surface area contributed by atoms with Gasteiger partial charge >= 0.3 is 0 Å². The Morgan fingerprint density at radius 1 is 1.71 bits per heavy atom. The Bertz CT molecular complexity index is 334. The molecule has 1 heterocycles. The first kappa shape index (κ1) is 10.6. The summed E-state index contributed by atoms with van der Waals surface area (Å²) in [6, 6.07) is 2.68. The second kappa shape index (κ2) is 3.69. The first-order valence-electron chi connectivity index (χ1n) is 4.01. The summed E-state index contributed by atoms with van der Waals surface area (Å²) in [6.45, 7) is 1.51. The van der Waals surface area contributed by atoms with Gasteiger partial charge in [-0.2, -0.15) is 0 Å². The number of aromatic nitrogens is 1. The molecule has 0 aliphatic carbocycles. The monoisotopic (exact) mass is 197 g/mol. The lowest BCUT2D eigenvalue weighted by atomic mass is 10.0. The van der Waals surface area contributed by atoms with E-state index in [9.17, 15) is 15.2 Å². The fraction of sp³-hybridized carbons (Fsp3) is 0.375. The summed E-state index contributed by atoms with van der Waals surface area (Å²) >= 11 is 0. The number of nitrogens with two attached hydrogens (primary N) is 1. The fourth-order valence-electron chi connectivity index (χ4n) is 0.917. The standard InChI is InChI=1S/C8H11N3O3/c1-8(12,5-9)7-3-2-6(4-10-7)11(13)14/h2-4,12H,5,9H2,1H3. The van der Waals surface area contributed by atoms with Crippen LogP contribution in [-0.4, -0.2) is 21.6 Å². The molecule has 0 amide bonds. The normalized spacial score (nSPS) is 14.8. The van der Waals surface area contributed by atoms with Gasteiger partial charge in [0, 0.05) is 12.6 Å². The van der Waals surface area contributed by atoms with E-state index in [-0.39, 0.29) is 12.2 Å². The summed E-state index contributed by atoms with van der Waals surface area (Å²) in [5, 5.41) is 20.0. The first-order chi connectivity index (χ1) is 6.47. The summed E-state index contributed by atoms with van der Waals surface area (Å²) in [6.07, 6.45) is 1.10. The van der Waals surface area contributed by atoms with Crippen LogP contribution in [-0.2, 0) is 5.60 Å². The number of hydrogen-bond acceptors (Lipinski definition) is 5. The molecule has 0 saturated carbocycles. The maximum atomic E-state index is 10.3. The highest BCUT2D eigenvalue weighted by molar-refractivity contribution is 5.28. The molecule has 76 valence electrons. The molecular formula is C8H11N3O3. The summed E-state index contributed by atoms with van der Waals surface area (Å²) in [5.74, 6) is 0.